The predicted molar refractivity (Wildman–Crippen MR) is 43.7 cm³/mol. The van der Waals surface area contributed by atoms with Crippen molar-refractivity contribution in [1.82, 2.24) is 15.1 Å². The van der Waals surface area contributed by atoms with Crippen LogP contribution in [-0.2, 0) is 0 Å². The average Bonchev–Trinajstić information content (AvgIpc) is 2.47. The number of nitrogens with zero attached hydrogens (tertiary/aromatic N) is 3. The van der Waals surface area contributed by atoms with Crippen LogP contribution in [0.4, 0.5) is 0 Å². The highest BCUT2D eigenvalue weighted by Crippen LogP contribution is 2.22. The second kappa shape index (κ2) is 2.55. The molecule has 0 atom stereocenters. The van der Waals surface area contributed by atoms with E-state index >= 15 is 0 Å². The Kier molecular flexibility index (Phi) is 1.53. The minimum atomic E-state index is 0.320. The van der Waals surface area contributed by atoms with E-state index in [-0.39, 0.29) is 0 Å². The van der Waals surface area contributed by atoms with Crippen LogP contribution in [0.25, 0.3) is 11.0 Å². The van der Waals surface area contributed by atoms with Gasteiger partial charge < -0.3 is 4.52 Å². The normalized spacial score (nSPS) is 11.2. The molecule has 0 N–H and O–H groups in total. The van der Waals surface area contributed by atoms with Gasteiger partial charge in [0.1, 0.15) is 12.1 Å². The SMILES string of the molecule is CC(C)c1onc2ncncc12. The quantitative estimate of drug-likeness (QED) is 0.642. The van der Waals surface area contributed by atoms with Gasteiger partial charge in [0.05, 0.1) is 5.39 Å². The number of fused-ring (bicyclic) bond motifs is 1. The van der Waals surface area contributed by atoms with Crippen LogP contribution in [0.1, 0.15) is 25.5 Å². The Bertz CT molecular complexity index is 394. The van der Waals surface area contributed by atoms with E-state index in [1.807, 2.05) is 13.8 Å². The second-order valence-electron chi connectivity index (χ2n) is 2.96. The molecule has 2 aromatic heterocycles. The second-order valence-corrected chi connectivity index (χ2v) is 2.96. The van der Waals surface area contributed by atoms with E-state index < -0.39 is 0 Å². The maximum atomic E-state index is 5.12. The first-order valence-electron chi connectivity index (χ1n) is 3.84. The topological polar surface area (TPSA) is 51.8 Å². The van der Waals surface area contributed by atoms with Gasteiger partial charge in [-0.05, 0) is 0 Å². The molecular weight excluding hydrogens is 154 g/mol. The van der Waals surface area contributed by atoms with Gasteiger partial charge in [-0.3, -0.25) is 0 Å². The molecule has 0 aromatic carbocycles. The Morgan fingerprint density at radius 3 is 3.00 bits per heavy atom. The fraction of sp³-hybridized carbons (Fsp3) is 0.375. The summed E-state index contributed by atoms with van der Waals surface area (Å²) in [7, 11) is 0. The lowest BCUT2D eigenvalue weighted by Gasteiger charge is -1.96. The minimum absolute atomic E-state index is 0.320. The fourth-order valence-corrected chi connectivity index (χ4v) is 1.13. The number of rotatable bonds is 1. The minimum Gasteiger partial charge on any atom is -0.358 e. The van der Waals surface area contributed by atoms with Crippen molar-refractivity contribution in [2.75, 3.05) is 0 Å². The van der Waals surface area contributed by atoms with Gasteiger partial charge in [-0.25, -0.2) is 9.97 Å². The van der Waals surface area contributed by atoms with E-state index in [0.29, 0.717) is 11.6 Å². The van der Waals surface area contributed by atoms with Crippen LogP contribution in [0, 0.1) is 0 Å². The van der Waals surface area contributed by atoms with Crippen molar-refractivity contribution in [3.63, 3.8) is 0 Å². The molecule has 0 amide bonds. The molecule has 0 saturated carbocycles. The number of hydrogen-bond donors (Lipinski definition) is 0. The summed E-state index contributed by atoms with van der Waals surface area (Å²) in [6, 6.07) is 0. The van der Waals surface area contributed by atoms with Gasteiger partial charge in [-0.15, -0.1) is 0 Å². The molecule has 2 heterocycles. The summed E-state index contributed by atoms with van der Waals surface area (Å²) in [6.45, 7) is 4.10. The van der Waals surface area contributed by atoms with E-state index in [0.717, 1.165) is 11.1 Å². The lowest BCUT2D eigenvalue weighted by molar-refractivity contribution is 0.377. The van der Waals surface area contributed by atoms with Crippen molar-refractivity contribution in [2.24, 2.45) is 0 Å². The van der Waals surface area contributed by atoms with E-state index in [1.54, 1.807) is 6.20 Å². The average molecular weight is 163 g/mol. The van der Waals surface area contributed by atoms with Crippen LogP contribution >= 0.6 is 0 Å². The number of aromatic nitrogens is 3. The smallest absolute Gasteiger partial charge is 0.205 e. The summed E-state index contributed by atoms with van der Waals surface area (Å²) >= 11 is 0. The highest BCUT2D eigenvalue weighted by Gasteiger charge is 2.11. The zero-order chi connectivity index (χ0) is 8.55. The Hall–Kier alpha value is -1.45. The van der Waals surface area contributed by atoms with Gasteiger partial charge in [-0.1, -0.05) is 19.0 Å². The van der Waals surface area contributed by atoms with Crippen LogP contribution in [-0.4, -0.2) is 15.1 Å². The van der Waals surface area contributed by atoms with Gasteiger partial charge in [0.15, 0.2) is 0 Å². The first-order valence-corrected chi connectivity index (χ1v) is 3.84. The molecule has 0 bridgehead atoms. The molecule has 0 aliphatic rings. The number of hydrogen-bond acceptors (Lipinski definition) is 4. The lowest BCUT2D eigenvalue weighted by Crippen LogP contribution is -1.84. The lowest BCUT2D eigenvalue weighted by atomic mass is 10.1. The molecule has 0 aliphatic carbocycles. The summed E-state index contributed by atoms with van der Waals surface area (Å²) in [4.78, 5) is 7.89. The summed E-state index contributed by atoms with van der Waals surface area (Å²) in [5.41, 5.74) is 0.633. The van der Waals surface area contributed by atoms with Crippen LogP contribution < -0.4 is 0 Å². The third-order valence-electron chi connectivity index (χ3n) is 1.71. The van der Waals surface area contributed by atoms with E-state index in [9.17, 15) is 0 Å². The highest BCUT2D eigenvalue weighted by atomic mass is 16.5. The maximum absolute atomic E-state index is 5.12. The zero-order valence-electron chi connectivity index (χ0n) is 6.98. The summed E-state index contributed by atoms with van der Waals surface area (Å²) < 4.78 is 5.12. The largest absolute Gasteiger partial charge is 0.358 e. The fourth-order valence-electron chi connectivity index (χ4n) is 1.13. The summed E-state index contributed by atoms with van der Waals surface area (Å²) in [6.07, 6.45) is 3.20. The van der Waals surface area contributed by atoms with Gasteiger partial charge in [0.25, 0.3) is 0 Å². The van der Waals surface area contributed by atoms with Crippen molar-refractivity contribution in [1.29, 1.82) is 0 Å². The van der Waals surface area contributed by atoms with E-state index in [4.69, 9.17) is 4.52 Å². The van der Waals surface area contributed by atoms with Crippen LogP contribution in [0.15, 0.2) is 17.0 Å². The Labute approximate surface area is 69.6 Å². The Morgan fingerprint density at radius 1 is 1.42 bits per heavy atom. The summed E-state index contributed by atoms with van der Waals surface area (Å²) in [5.74, 6) is 1.17. The standard InChI is InChI=1S/C8H9N3O/c1-5(2)7-6-3-9-4-10-8(6)11-12-7/h3-5H,1-2H3. The van der Waals surface area contributed by atoms with Crippen molar-refractivity contribution in [3.05, 3.63) is 18.3 Å². The molecule has 0 radical (unpaired) electrons. The third-order valence-corrected chi connectivity index (χ3v) is 1.71. The van der Waals surface area contributed by atoms with Gasteiger partial charge in [0.2, 0.25) is 5.65 Å². The molecule has 4 heteroatoms. The molecule has 2 aromatic rings. The van der Waals surface area contributed by atoms with Gasteiger partial charge in [-0.2, -0.15) is 0 Å². The predicted octanol–water partition coefficient (Wildman–Crippen LogP) is 1.74. The first kappa shape index (κ1) is 7.21. The van der Waals surface area contributed by atoms with Crippen molar-refractivity contribution in [2.45, 2.75) is 19.8 Å². The van der Waals surface area contributed by atoms with E-state index in [1.165, 1.54) is 6.33 Å². The molecule has 2 rings (SSSR count). The molecule has 62 valence electrons. The van der Waals surface area contributed by atoms with Crippen LogP contribution in [0.2, 0.25) is 0 Å². The van der Waals surface area contributed by atoms with E-state index in [2.05, 4.69) is 15.1 Å². The van der Waals surface area contributed by atoms with Gasteiger partial charge in [0, 0.05) is 12.1 Å². The van der Waals surface area contributed by atoms with Crippen molar-refractivity contribution < 1.29 is 4.52 Å². The molecule has 0 aliphatic heterocycles. The zero-order valence-corrected chi connectivity index (χ0v) is 6.98. The van der Waals surface area contributed by atoms with Gasteiger partial charge >= 0.3 is 0 Å². The Balaban J connectivity index is 2.70. The molecule has 12 heavy (non-hydrogen) atoms. The van der Waals surface area contributed by atoms with Crippen LogP contribution in [0.3, 0.4) is 0 Å². The third kappa shape index (κ3) is 0.958. The highest BCUT2D eigenvalue weighted by molar-refractivity contribution is 5.75. The van der Waals surface area contributed by atoms with Crippen molar-refractivity contribution in [3.8, 4) is 0 Å². The molecule has 4 nitrogen and oxygen atoms in total. The molecule has 0 spiro atoms. The molecule has 0 unspecified atom stereocenters. The van der Waals surface area contributed by atoms with Crippen LogP contribution in [0.5, 0.6) is 0 Å². The van der Waals surface area contributed by atoms with Crippen molar-refractivity contribution >= 4 is 11.0 Å². The summed E-state index contributed by atoms with van der Waals surface area (Å²) in [5, 5.41) is 4.72. The monoisotopic (exact) mass is 163 g/mol. The molecular formula is C8H9N3O. The Morgan fingerprint density at radius 2 is 2.25 bits per heavy atom. The maximum Gasteiger partial charge on any atom is 0.205 e. The molecule has 0 fully saturated rings. The first-order chi connectivity index (χ1) is 5.79. The molecule has 0 saturated heterocycles.